The highest BCUT2D eigenvalue weighted by Gasteiger charge is 2.24. The van der Waals surface area contributed by atoms with Crippen LogP contribution in [0.2, 0.25) is 0 Å². The lowest BCUT2D eigenvalue weighted by Gasteiger charge is -2.12. The van der Waals surface area contributed by atoms with Gasteiger partial charge in [-0.25, -0.2) is 0 Å². The molecule has 98 valence electrons. The number of rotatable bonds is 6. The quantitative estimate of drug-likeness (QED) is 0.793. The van der Waals surface area contributed by atoms with Gasteiger partial charge in [-0.3, -0.25) is 4.79 Å². The number of ketones is 1. The summed E-state index contributed by atoms with van der Waals surface area (Å²) in [7, 11) is 0. The van der Waals surface area contributed by atoms with E-state index in [1.54, 1.807) is 11.8 Å². The molecule has 1 unspecified atom stereocenters. The Morgan fingerprint density at radius 2 is 2.00 bits per heavy atom. The minimum atomic E-state index is 0.175. The van der Waals surface area contributed by atoms with Crippen molar-refractivity contribution in [1.29, 1.82) is 0 Å². The molecular weight excluding hydrogens is 248 g/mol. The van der Waals surface area contributed by atoms with Crippen LogP contribution in [0.5, 0.6) is 11.5 Å². The number of carbonyl (C=O) groups excluding carboxylic acids is 1. The summed E-state index contributed by atoms with van der Waals surface area (Å²) in [4.78, 5) is 11.5. The van der Waals surface area contributed by atoms with Gasteiger partial charge in [0.25, 0.3) is 0 Å². The van der Waals surface area contributed by atoms with Gasteiger partial charge in [-0.1, -0.05) is 12.1 Å². The van der Waals surface area contributed by atoms with Gasteiger partial charge in [0, 0.05) is 11.7 Å². The largest absolute Gasteiger partial charge is 0.490 e. The molecular formula is C14H18O3S. The van der Waals surface area contributed by atoms with Gasteiger partial charge < -0.3 is 9.47 Å². The summed E-state index contributed by atoms with van der Waals surface area (Å²) >= 11 is 1.72. The Morgan fingerprint density at radius 1 is 1.28 bits per heavy atom. The van der Waals surface area contributed by atoms with Crippen molar-refractivity contribution >= 4 is 17.5 Å². The van der Waals surface area contributed by atoms with Gasteiger partial charge in [0.15, 0.2) is 11.5 Å². The van der Waals surface area contributed by atoms with E-state index in [1.165, 1.54) is 0 Å². The fourth-order valence-electron chi connectivity index (χ4n) is 1.91. The second-order valence-corrected chi connectivity index (χ2v) is 5.23. The summed E-state index contributed by atoms with van der Waals surface area (Å²) in [6.45, 7) is 3.14. The number of thioether (sulfide) groups is 1. The number of hydrogen-bond acceptors (Lipinski definition) is 4. The van der Waals surface area contributed by atoms with E-state index in [-0.39, 0.29) is 5.92 Å². The third kappa shape index (κ3) is 3.42. The smallest absolute Gasteiger partial charge is 0.161 e. The number of ether oxygens (including phenoxy) is 2. The number of benzene rings is 1. The van der Waals surface area contributed by atoms with Crippen LogP contribution in [0.15, 0.2) is 24.3 Å². The molecule has 18 heavy (non-hydrogen) atoms. The van der Waals surface area contributed by atoms with E-state index >= 15 is 0 Å². The zero-order valence-electron chi connectivity index (χ0n) is 10.6. The van der Waals surface area contributed by atoms with E-state index in [0.29, 0.717) is 24.7 Å². The molecule has 1 aromatic rings. The van der Waals surface area contributed by atoms with E-state index in [0.717, 1.165) is 23.7 Å². The Balaban J connectivity index is 1.84. The van der Waals surface area contributed by atoms with Gasteiger partial charge in [-0.15, -0.1) is 0 Å². The summed E-state index contributed by atoms with van der Waals surface area (Å²) in [5.41, 5.74) is 0. The molecule has 0 aliphatic carbocycles. The zero-order chi connectivity index (χ0) is 12.8. The summed E-state index contributed by atoms with van der Waals surface area (Å²) < 4.78 is 11.2. The van der Waals surface area contributed by atoms with Crippen LogP contribution in [0.3, 0.4) is 0 Å². The molecule has 1 aliphatic heterocycles. The second-order valence-electron chi connectivity index (χ2n) is 4.20. The van der Waals surface area contributed by atoms with Crippen molar-refractivity contribution in [1.82, 2.24) is 0 Å². The number of carbonyl (C=O) groups is 1. The van der Waals surface area contributed by atoms with Crippen LogP contribution >= 0.6 is 11.8 Å². The van der Waals surface area contributed by atoms with Crippen molar-refractivity contribution in [3.8, 4) is 11.5 Å². The molecule has 0 radical (unpaired) electrons. The first-order valence-corrected chi connectivity index (χ1v) is 7.41. The molecule has 1 saturated heterocycles. The maximum absolute atomic E-state index is 11.5. The van der Waals surface area contributed by atoms with Crippen molar-refractivity contribution in [3.63, 3.8) is 0 Å². The average molecular weight is 266 g/mol. The van der Waals surface area contributed by atoms with Crippen LogP contribution in [-0.2, 0) is 4.79 Å². The van der Waals surface area contributed by atoms with Gasteiger partial charge in [-0.05, 0) is 25.5 Å². The van der Waals surface area contributed by atoms with Crippen molar-refractivity contribution in [2.24, 2.45) is 5.92 Å². The average Bonchev–Trinajstić information content (AvgIpc) is 2.78. The Kier molecular flexibility index (Phi) is 4.93. The van der Waals surface area contributed by atoms with Gasteiger partial charge in [0.1, 0.15) is 5.78 Å². The van der Waals surface area contributed by atoms with Crippen molar-refractivity contribution in [3.05, 3.63) is 24.3 Å². The first-order valence-electron chi connectivity index (χ1n) is 6.26. The number of hydrogen-bond donors (Lipinski definition) is 0. The molecule has 0 amide bonds. The normalized spacial score (nSPS) is 18.9. The van der Waals surface area contributed by atoms with Crippen molar-refractivity contribution in [2.75, 3.05) is 24.7 Å². The Bertz CT molecular complexity index is 406. The third-order valence-electron chi connectivity index (χ3n) is 2.89. The Morgan fingerprint density at radius 3 is 2.61 bits per heavy atom. The molecule has 1 fully saturated rings. The minimum Gasteiger partial charge on any atom is -0.490 e. The van der Waals surface area contributed by atoms with Crippen LogP contribution in [0.1, 0.15) is 13.3 Å². The summed E-state index contributed by atoms with van der Waals surface area (Å²) in [6, 6.07) is 7.65. The van der Waals surface area contributed by atoms with Gasteiger partial charge in [-0.2, -0.15) is 11.8 Å². The highest BCUT2D eigenvalue weighted by atomic mass is 32.2. The highest BCUT2D eigenvalue weighted by molar-refractivity contribution is 8.00. The first-order chi connectivity index (χ1) is 8.81. The Hall–Kier alpha value is -1.16. The summed E-state index contributed by atoms with van der Waals surface area (Å²) in [5, 5.41) is 0. The first kappa shape index (κ1) is 13.3. The third-order valence-corrected chi connectivity index (χ3v) is 4.02. The van der Waals surface area contributed by atoms with E-state index in [4.69, 9.17) is 9.47 Å². The zero-order valence-corrected chi connectivity index (χ0v) is 11.4. The van der Waals surface area contributed by atoms with Crippen LogP contribution < -0.4 is 9.47 Å². The molecule has 2 rings (SSSR count). The molecule has 0 spiro atoms. The lowest BCUT2D eigenvalue weighted by atomic mass is 10.1. The highest BCUT2D eigenvalue weighted by Crippen LogP contribution is 2.28. The standard InChI is InChI=1S/C14H18O3S/c1-2-16-13-5-3-4-6-14(13)17-8-7-11-9-18-10-12(11)15/h3-6,11H,2,7-10H2,1H3. The topological polar surface area (TPSA) is 35.5 Å². The lowest BCUT2D eigenvalue weighted by molar-refractivity contribution is -0.119. The molecule has 3 nitrogen and oxygen atoms in total. The molecule has 0 aromatic heterocycles. The molecule has 1 atom stereocenters. The predicted octanol–water partition coefficient (Wildman–Crippen LogP) is 2.79. The van der Waals surface area contributed by atoms with E-state index < -0.39 is 0 Å². The molecule has 0 N–H and O–H groups in total. The van der Waals surface area contributed by atoms with E-state index in [1.807, 2.05) is 31.2 Å². The second kappa shape index (κ2) is 6.69. The van der Waals surface area contributed by atoms with Crippen LogP contribution in [-0.4, -0.2) is 30.5 Å². The predicted molar refractivity (Wildman–Crippen MR) is 73.5 cm³/mol. The van der Waals surface area contributed by atoms with Crippen molar-refractivity contribution < 1.29 is 14.3 Å². The van der Waals surface area contributed by atoms with Crippen LogP contribution in [0.4, 0.5) is 0 Å². The fourth-order valence-corrected chi connectivity index (χ4v) is 3.10. The Labute approximate surface area is 112 Å². The number of Topliss-reactive ketones (excluding diaryl/α,β-unsaturated/α-hetero) is 1. The number of para-hydroxylation sites is 2. The van der Waals surface area contributed by atoms with Crippen LogP contribution in [0, 0.1) is 5.92 Å². The van der Waals surface area contributed by atoms with Gasteiger partial charge in [0.2, 0.25) is 0 Å². The van der Waals surface area contributed by atoms with Gasteiger partial charge in [0.05, 0.1) is 19.0 Å². The molecule has 0 bridgehead atoms. The molecule has 1 aliphatic rings. The van der Waals surface area contributed by atoms with Crippen molar-refractivity contribution in [2.45, 2.75) is 13.3 Å². The van der Waals surface area contributed by atoms with E-state index in [2.05, 4.69) is 0 Å². The van der Waals surface area contributed by atoms with Gasteiger partial charge >= 0.3 is 0 Å². The minimum absolute atomic E-state index is 0.175. The summed E-state index contributed by atoms with van der Waals surface area (Å²) in [6.07, 6.45) is 0.798. The fraction of sp³-hybridized carbons (Fsp3) is 0.500. The maximum atomic E-state index is 11.5. The van der Waals surface area contributed by atoms with E-state index in [9.17, 15) is 4.79 Å². The maximum Gasteiger partial charge on any atom is 0.161 e. The SMILES string of the molecule is CCOc1ccccc1OCCC1CSCC1=O. The summed E-state index contributed by atoms with van der Waals surface area (Å²) in [5.74, 6) is 3.68. The molecule has 1 aromatic carbocycles. The molecule has 0 saturated carbocycles. The molecule has 1 heterocycles. The van der Waals surface area contributed by atoms with Crippen LogP contribution in [0.25, 0.3) is 0 Å². The monoisotopic (exact) mass is 266 g/mol. The lowest BCUT2D eigenvalue weighted by Crippen LogP contribution is -2.15. The molecule has 4 heteroatoms.